The van der Waals surface area contributed by atoms with Crippen molar-refractivity contribution in [1.82, 2.24) is 5.32 Å². The second-order valence-corrected chi connectivity index (χ2v) is 11.0. The second kappa shape index (κ2) is 9.80. The lowest BCUT2D eigenvalue weighted by atomic mass is 9.68. The van der Waals surface area contributed by atoms with Gasteiger partial charge in [-0.1, -0.05) is 37.6 Å². The number of allylic oxidation sites excluding steroid dienone is 3. The monoisotopic (exact) mass is 533 g/mol. The number of ether oxygens (including phenoxy) is 2. The number of hydrogen-bond donors (Lipinski definition) is 1. The van der Waals surface area contributed by atoms with Gasteiger partial charge in [-0.05, 0) is 54.7 Å². The van der Waals surface area contributed by atoms with E-state index in [0.717, 1.165) is 5.56 Å². The van der Waals surface area contributed by atoms with Gasteiger partial charge in [-0.15, -0.1) is 0 Å². The van der Waals surface area contributed by atoms with Gasteiger partial charge < -0.3 is 19.2 Å². The number of carbonyl (C=O) groups excluding carboxylic acids is 2. The third-order valence-corrected chi connectivity index (χ3v) is 7.30. The van der Waals surface area contributed by atoms with Crippen LogP contribution >= 0.6 is 11.6 Å². The number of rotatable bonds is 5. The van der Waals surface area contributed by atoms with E-state index in [-0.39, 0.29) is 39.8 Å². The van der Waals surface area contributed by atoms with Gasteiger partial charge >= 0.3 is 5.97 Å². The molecule has 0 bridgehead atoms. The molecule has 0 amide bonds. The average Bonchev–Trinajstić information content (AvgIpc) is 2.86. The van der Waals surface area contributed by atoms with Gasteiger partial charge in [0.05, 0.1) is 30.3 Å². The Labute approximate surface area is 225 Å². The van der Waals surface area contributed by atoms with Crippen molar-refractivity contribution < 1.29 is 23.5 Å². The molecule has 0 saturated heterocycles. The van der Waals surface area contributed by atoms with Crippen LogP contribution in [0.2, 0.25) is 5.02 Å². The van der Waals surface area contributed by atoms with Crippen molar-refractivity contribution in [3.05, 3.63) is 97.6 Å². The number of methoxy groups -OCH3 is 1. The van der Waals surface area contributed by atoms with Gasteiger partial charge in [0.25, 0.3) is 0 Å². The van der Waals surface area contributed by atoms with E-state index in [1.165, 1.54) is 12.3 Å². The summed E-state index contributed by atoms with van der Waals surface area (Å²) in [4.78, 5) is 40.9. The summed E-state index contributed by atoms with van der Waals surface area (Å²) in [5.74, 6) is -0.979. The van der Waals surface area contributed by atoms with Crippen LogP contribution in [0, 0.1) is 5.41 Å². The molecular formula is C30H28ClNO6. The molecular weight excluding hydrogens is 506 g/mol. The molecule has 1 unspecified atom stereocenters. The van der Waals surface area contributed by atoms with Gasteiger partial charge in [0.15, 0.2) is 11.2 Å². The fraction of sp³-hybridized carbons (Fsp3) is 0.300. The molecule has 1 atom stereocenters. The third-order valence-electron chi connectivity index (χ3n) is 7.06. The molecule has 0 radical (unpaired) electrons. The molecule has 7 nitrogen and oxygen atoms in total. The first-order valence-electron chi connectivity index (χ1n) is 12.3. The van der Waals surface area contributed by atoms with Crippen LogP contribution in [0.1, 0.15) is 50.7 Å². The van der Waals surface area contributed by atoms with Gasteiger partial charge in [-0.25, -0.2) is 4.79 Å². The summed E-state index contributed by atoms with van der Waals surface area (Å²) in [6, 6.07) is 12.0. The summed E-state index contributed by atoms with van der Waals surface area (Å²) in [7, 11) is 1.58. The molecule has 5 rings (SSSR count). The molecule has 2 aromatic carbocycles. The summed E-state index contributed by atoms with van der Waals surface area (Å²) >= 11 is 6.17. The number of dihydropyridines is 1. The van der Waals surface area contributed by atoms with Crippen LogP contribution in [-0.4, -0.2) is 18.9 Å². The summed E-state index contributed by atoms with van der Waals surface area (Å²) in [5.41, 5.74) is 2.58. The summed E-state index contributed by atoms with van der Waals surface area (Å²) in [5, 5.41) is 3.94. The molecule has 1 aliphatic carbocycles. The highest BCUT2D eigenvalue weighted by Crippen LogP contribution is 2.46. The molecule has 1 aromatic heterocycles. The molecule has 196 valence electrons. The van der Waals surface area contributed by atoms with E-state index in [1.807, 2.05) is 13.8 Å². The number of esters is 1. The number of halogens is 1. The van der Waals surface area contributed by atoms with Gasteiger partial charge in [0, 0.05) is 34.0 Å². The number of fused-ring (bicyclic) bond motifs is 1. The molecule has 0 saturated carbocycles. The first kappa shape index (κ1) is 25.8. The SMILES string of the molecule is COc1ccc(COC(=O)C2=C(C)NC3=C(C(=O)CC(C)(C)C3)C2c2coc3ccc(Cl)cc3c2=O)cc1. The molecule has 0 fully saturated rings. The maximum atomic E-state index is 13.7. The van der Waals surface area contributed by atoms with Crippen LogP contribution in [-0.2, 0) is 20.9 Å². The number of ketones is 1. The smallest absolute Gasteiger partial charge is 0.337 e. The van der Waals surface area contributed by atoms with E-state index >= 15 is 0 Å². The number of Topliss-reactive ketones (excluding diaryl/α,β-unsaturated/α-hetero) is 1. The predicted molar refractivity (Wildman–Crippen MR) is 144 cm³/mol. The molecule has 0 spiro atoms. The second-order valence-electron chi connectivity index (χ2n) is 10.5. The Kier molecular flexibility index (Phi) is 6.65. The van der Waals surface area contributed by atoms with Crippen LogP contribution in [0.4, 0.5) is 0 Å². The fourth-order valence-electron chi connectivity index (χ4n) is 5.28. The summed E-state index contributed by atoms with van der Waals surface area (Å²) in [6.07, 6.45) is 2.24. The van der Waals surface area contributed by atoms with Crippen molar-refractivity contribution in [3.8, 4) is 5.75 Å². The Hall–Kier alpha value is -3.84. The van der Waals surface area contributed by atoms with Crippen molar-refractivity contribution in [2.75, 3.05) is 7.11 Å². The van der Waals surface area contributed by atoms with E-state index < -0.39 is 11.9 Å². The maximum Gasteiger partial charge on any atom is 0.337 e. The minimum Gasteiger partial charge on any atom is -0.497 e. The maximum absolute atomic E-state index is 13.7. The van der Waals surface area contributed by atoms with Gasteiger partial charge in [-0.2, -0.15) is 0 Å². The Morgan fingerprint density at radius 1 is 1.13 bits per heavy atom. The summed E-state index contributed by atoms with van der Waals surface area (Å²) < 4.78 is 16.7. The Morgan fingerprint density at radius 2 is 1.87 bits per heavy atom. The Morgan fingerprint density at radius 3 is 2.58 bits per heavy atom. The first-order valence-corrected chi connectivity index (χ1v) is 12.7. The van der Waals surface area contributed by atoms with Gasteiger partial charge in [-0.3, -0.25) is 9.59 Å². The zero-order valence-corrected chi connectivity index (χ0v) is 22.4. The van der Waals surface area contributed by atoms with Gasteiger partial charge in [0.2, 0.25) is 0 Å². The molecule has 2 heterocycles. The van der Waals surface area contributed by atoms with Crippen molar-refractivity contribution in [2.45, 2.75) is 46.1 Å². The number of benzene rings is 2. The summed E-state index contributed by atoms with van der Waals surface area (Å²) in [6.45, 7) is 5.82. The van der Waals surface area contributed by atoms with Gasteiger partial charge in [0.1, 0.15) is 17.9 Å². The zero-order valence-electron chi connectivity index (χ0n) is 21.6. The average molecular weight is 534 g/mol. The van der Waals surface area contributed by atoms with Crippen LogP contribution in [0.5, 0.6) is 5.75 Å². The largest absolute Gasteiger partial charge is 0.497 e. The number of carbonyl (C=O) groups is 2. The highest BCUT2D eigenvalue weighted by atomic mass is 35.5. The molecule has 2 aliphatic rings. The van der Waals surface area contributed by atoms with Crippen molar-refractivity contribution in [2.24, 2.45) is 5.41 Å². The highest BCUT2D eigenvalue weighted by molar-refractivity contribution is 6.31. The predicted octanol–water partition coefficient (Wildman–Crippen LogP) is 5.80. The Bertz CT molecular complexity index is 1580. The molecule has 1 aliphatic heterocycles. The quantitative estimate of drug-likeness (QED) is 0.414. The first-order chi connectivity index (χ1) is 18.1. The normalized spacial score (nSPS) is 18.8. The third kappa shape index (κ3) is 4.74. The molecule has 1 N–H and O–H groups in total. The molecule has 3 aromatic rings. The number of hydrogen-bond acceptors (Lipinski definition) is 7. The van der Waals surface area contributed by atoms with E-state index in [0.29, 0.717) is 46.2 Å². The number of nitrogens with one attached hydrogen (secondary N) is 1. The zero-order chi connectivity index (χ0) is 27.2. The lowest BCUT2D eigenvalue weighted by molar-refractivity contribution is -0.140. The van der Waals surface area contributed by atoms with Crippen LogP contribution < -0.4 is 15.5 Å². The van der Waals surface area contributed by atoms with Crippen LogP contribution in [0.15, 0.2) is 80.5 Å². The van der Waals surface area contributed by atoms with E-state index in [4.69, 9.17) is 25.5 Å². The van der Waals surface area contributed by atoms with Crippen molar-refractivity contribution in [1.29, 1.82) is 0 Å². The lowest BCUT2D eigenvalue weighted by Gasteiger charge is -2.39. The minimum absolute atomic E-state index is 0.0150. The van der Waals surface area contributed by atoms with Crippen molar-refractivity contribution >= 4 is 34.3 Å². The Balaban J connectivity index is 1.60. The van der Waals surface area contributed by atoms with E-state index in [2.05, 4.69) is 5.32 Å². The van der Waals surface area contributed by atoms with Crippen molar-refractivity contribution in [3.63, 3.8) is 0 Å². The highest BCUT2D eigenvalue weighted by Gasteiger charge is 2.44. The lowest BCUT2D eigenvalue weighted by Crippen LogP contribution is -2.39. The van der Waals surface area contributed by atoms with E-state index in [9.17, 15) is 14.4 Å². The standard InChI is InChI=1S/C30H28ClNO6/c1-16-25(29(35)38-14-17-5-8-19(36-4)9-6-17)26(27-22(32-16)12-30(2,3)13-23(27)33)21-15-37-24-10-7-18(31)11-20(24)28(21)34/h5-11,15,26,32H,12-14H2,1-4H3. The van der Waals surface area contributed by atoms with Crippen LogP contribution in [0.25, 0.3) is 11.0 Å². The molecule has 38 heavy (non-hydrogen) atoms. The fourth-order valence-corrected chi connectivity index (χ4v) is 5.46. The topological polar surface area (TPSA) is 94.8 Å². The van der Waals surface area contributed by atoms with E-state index in [1.54, 1.807) is 50.4 Å². The minimum atomic E-state index is -0.933. The molecule has 8 heteroatoms. The van der Waals surface area contributed by atoms with Crippen LogP contribution in [0.3, 0.4) is 0 Å².